The molecule has 0 aromatic rings. The minimum absolute atomic E-state index is 0.172. The van der Waals surface area contributed by atoms with E-state index in [-0.39, 0.29) is 30.7 Å². The molecule has 2 saturated carbocycles. The number of carbonyl (C=O) groups excluding carboxylic acids is 3. The topological polar surface area (TPSA) is 90.3 Å². The Hall–Kier alpha value is -1.90. The van der Waals surface area contributed by atoms with Crippen molar-refractivity contribution < 1.29 is 14.4 Å². The van der Waals surface area contributed by atoms with Crippen LogP contribution in [0.15, 0.2) is 0 Å². The molecule has 0 unspecified atom stereocenters. The number of rotatable bonds is 4. The van der Waals surface area contributed by atoms with Gasteiger partial charge in [-0.2, -0.15) is 5.26 Å². The number of hydrogen-bond donors (Lipinski definition) is 1. The van der Waals surface area contributed by atoms with E-state index in [2.05, 4.69) is 11.4 Å². The van der Waals surface area contributed by atoms with Gasteiger partial charge in [0.15, 0.2) is 0 Å². The van der Waals surface area contributed by atoms with Crippen LogP contribution in [0.3, 0.4) is 0 Å². The lowest BCUT2D eigenvalue weighted by Gasteiger charge is -2.30. The van der Waals surface area contributed by atoms with Crippen LogP contribution in [0.25, 0.3) is 0 Å². The average Bonchev–Trinajstić information content (AvgIpc) is 3.35. The van der Waals surface area contributed by atoms with Gasteiger partial charge in [0.05, 0.1) is 11.5 Å². The molecule has 3 rings (SSSR count). The lowest BCUT2D eigenvalue weighted by molar-refractivity contribution is -0.145. The SMILES string of the molecule is C[C@](C#N)(NC(=O)CN1C(=O)CC2(CCCCC2)C1=O)C1CC1. The standard InChI is InChI=1S/C17H23N3O3/c1-16(11-18,12-5-6-12)19-13(21)10-20-14(22)9-17(15(20)23)7-3-2-4-8-17/h12H,2-10H2,1H3,(H,19,21)/t16-/m1/s1. The normalized spacial score (nSPS) is 26.0. The van der Waals surface area contributed by atoms with Crippen molar-refractivity contribution in [2.75, 3.05) is 6.54 Å². The first-order chi connectivity index (χ1) is 10.9. The minimum Gasteiger partial charge on any atom is -0.336 e. The van der Waals surface area contributed by atoms with Crippen molar-refractivity contribution in [2.45, 2.75) is 63.8 Å². The Morgan fingerprint density at radius 1 is 1.35 bits per heavy atom. The fraction of sp³-hybridized carbons (Fsp3) is 0.765. The Morgan fingerprint density at radius 3 is 2.57 bits per heavy atom. The number of nitrogens with one attached hydrogen (secondary N) is 1. The lowest BCUT2D eigenvalue weighted by Crippen LogP contribution is -2.51. The molecule has 0 aromatic carbocycles. The second-order valence-electron chi connectivity index (χ2n) is 7.44. The van der Waals surface area contributed by atoms with E-state index < -0.39 is 16.9 Å². The van der Waals surface area contributed by atoms with Crippen molar-refractivity contribution in [3.8, 4) is 6.07 Å². The summed E-state index contributed by atoms with van der Waals surface area (Å²) in [5.41, 5.74) is -1.46. The largest absolute Gasteiger partial charge is 0.336 e. The molecule has 0 bridgehead atoms. The van der Waals surface area contributed by atoms with Crippen LogP contribution in [-0.2, 0) is 14.4 Å². The van der Waals surface area contributed by atoms with Gasteiger partial charge in [-0.25, -0.2) is 0 Å². The monoisotopic (exact) mass is 317 g/mol. The van der Waals surface area contributed by atoms with Crippen LogP contribution >= 0.6 is 0 Å². The molecule has 1 heterocycles. The zero-order valence-corrected chi connectivity index (χ0v) is 13.6. The van der Waals surface area contributed by atoms with Crippen molar-refractivity contribution in [3.05, 3.63) is 0 Å². The van der Waals surface area contributed by atoms with Gasteiger partial charge in [0.25, 0.3) is 0 Å². The maximum absolute atomic E-state index is 12.7. The first-order valence-electron chi connectivity index (χ1n) is 8.47. The van der Waals surface area contributed by atoms with E-state index in [1.54, 1.807) is 6.92 Å². The van der Waals surface area contributed by atoms with Crippen LogP contribution in [0.2, 0.25) is 0 Å². The third kappa shape index (κ3) is 2.85. The highest BCUT2D eigenvalue weighted by Crippen LogP contribution is 2.45. The Balaban J connectivity index is 1.65. The fourth-order valence-corrected chi connectivity index (χ4v) is 3.99. The molecular weight excluding hydrogens is 294 g/mol. The number of amides is 3. The third-order valence-electron chi connectivity index (χ3n) is 5.63. The second kappa shape index (κ2) is 5.63. The summed E-state index contributed by atoms with van der Waals surface area (Å²) in [6, 6.07) is 2.16. The predicted molar refractivity (Wildman–Crippen MR) is 81.7 cm³/mol. The van der Waals surface area contributed by atoms with E-state index in [4.69, 9.17) is 0 Å². The van der Waals surface area contributed by atoms with Gasteiger partial charge in [-0.15, -0.1) is 0 Å². The molecule has 23 heavy (non-hydrogen) atoms. The quantitative estimate of drug-likeness (QED) is 0.796. The smallest absolute Gasteiger partial charge is 0.241 e. The van der Waals surface area contributed by atoms with Crippen molar-refractivity contribution in [1.29, 1.82) is 5.26 Å². The Labute approximate surface area is 136 Å². The van der Waals surface area contributed by atoms with Gasteiger partial charge in [0.1, 0.15) is 12.1 Å². The van der Waals surface area contributed by atoms with Crippen LogP contribution < -0.4 is 5.32 Å². The summed E-state index contributed by atoms with van der Waals surface area (Å²) in [5.74, 6) is -0.693. The van der Waals surface area contributed by atoms with Crippen molar-refractivity contribution in [1.82, 2.24) is 10.2 Å². The zero-order chi connectivity index (χ0) is 16.7. The van der Waals surface area contributed by atoms with E-state index in [0.29, 0.717) is 0 Å². The van der Waals surface area contributed by atoms with Crippen LogP contribution in [0.4, 0.5) is 0 Å². The molecule has 0 aromatic heterocycles. The molecule has 1 spiro atoms. The zero-order valence-electron chi connectivity index (χ0n) is 13.6. The van der Waals surface area contributed by atoms with E-state index in [1.165, 1.54) is 0 Å². The molecule has 0 radical (unpaired) electrons. The molecule has 1 atom stereocenters. The highest BCUT2D eigenvalue weighted by Gasteiger charge is 2.52. The molecule has 3 aliphatic rings. The average molecular weight is 317 g/mol. The Kier molecular flexibility index (Phi) is 3.91. The van der Waals surface area contributed by atoms with Crippen LogP contribution in [0.1, 0.15) is 58.3 Å². The summed E-state index contributed by atoms with van der Waals surface area (Å²) in [5, 5.41) is 12.0. The lowest BCUT2D eigenvalue weighted by atomic mass is 9.73. The van der Waals surface area contributed by atoms with Gasteiger partial charge in [-0.05, 0) is 38.5 Å². The van der Waals surface area contributed by atoms with Gasteiger partial charge in [-0.1, -0.05) is 19.3 Å². The summed E-state index contributed by atoms with van der Waals surface area (Å²) >= 11 is 0. The molecule has 2 aliphatic carbocycles. The van der Waals surface area contributed by atoms with Gasteiger partial charge in [0.2, 0.25) is 17.7 Å². The Morgan fingerprint density at radius 2 is 2.00 bits per heavy atom. The number of hydrogen-bond acceptors (Lipinski definition) is 4. The summed E-state index contributed by atoms with van der Waals surface area (Å²) in [6.07, 6.45) is 6.61. The van der Waals surface area contributed by atoms with E-state index in [1.807, 2.05) is 0 Å². The van der Waals surface area contributed by atoms with Gasteiger partial charge in [-0.3, -0.25) is 19.3 Å². The van der Waals surface area contributed by atoms with Crippen LogP contribution in [0.5, 0.6) is 0 Å². The predicted octanol–water partition coefficient (Wildman–Crippen LogP) is 1.50. The molecule has 6 nitrogen and oxygen atoms in total. The maximum atomic E-state index is 12.7. The summed E-state index contributed by atoms with van der Waals surface area (Å²) in [7, 11) is 0. The molecule has 6 heteroatoms. The Bertz CT molecular complexity index is 584. The molecular formula is C17H23N3O3. The molecule has 1 aliphatic heterocycles. The van der Waals surface area contributed by atoms with Crippen LogP contribution in [0, 0.1) is 22.7 Å². The maximum Gasteiger partial charge on any atom is 0.241 e. The highest BCUT2D eigenvalue weighted by molar-refractivity contribution is 6.08. The second-order valence-corrected chi connectivity index (χ2v) is 7.44. The molecule has 1 saturated heterocycles. The number of carbonyl (C=O) groups is 3. The minimum atomic E-state index is -0.897. The van der Waals surface area contributed by atoms with Gasteiger partial charge in [0, 0.05) is 6.42 Å². The van der Waals surface area contributed by atoms with E-state index in [9.17, 15) is 19.6 Å². The first kappa shape index (κ1) is 16.0. The van der Waals surface area contributed by atoms with Gasteiger partial charge < -0.3 is 5.32 Å². The van der Waals surface area contributed by atoms with Crippen molar-refractivity contribution in [3.63, 3.8) is 0 Å². The summed E-state index contributed by atoms with van der Waals surface area (Å²) in [4.78, 5) is 38.3. The summed E-state index contributed by atoms with van der Waals surface area (Å²) in [6.45, 7) is 1.45. The number of likely N-dealkylation sites (tertiary alicyclic amines) is 1. The number of nitrogens with zero attached hydrogens (tertiary/aromatic N) is 2. The number of nitriles is 1. The van der Waals surface area contributed by atoms with E-state index in [0.717, 1.165) is 49.8 Å². The van der Waals surface area contributed by atoms with Crippen molar-refractivity contribution >= 4 is 17.7 Å². The van der Waals surface area contributed by atoms with Crippen molar-refractivity contribution in [2.24, 2.45) is 11.3 Å². The molecule has 1 N–H and O–H groups in total. The first-order valence-corrected chi connectivity index (χ1v) is 8.47. The summed E-state index contributed by atoms with van der Waals surface area (Å²) < 4.78 is 0. The molecule has 3 amide bonds. The number of imide groups is 1. The fourth-order valence-electron chi connectivity index (χ4n) is 3.99. The third-order valence-corrected chi connectivity index (χ3v) is 5.63. The molecule has 124 valence electrons. The van der Waals surface area contributed by atoms with Gasteiger partial charge >= 0.3 is 0 Å². The molecule has 3 fully saturated rings. The van der Waals surface area contributed by atoms with Crippen LogP contribution in [-0.4, -0.2) is 34.7 Å². The highest BCUT2D eigenvalue weighted by atomic mass is 16.2. The van der Waals surface area contributed by atoms with E-state index >= 15 is 0 Å².